The Balaban J connectivity index is 1.95. The van der Waals surface area contributed by atoms with Gasteiger partial charge in [0.2, 0.25) is 0 Å². The van der Waals surface area contributed by atoms with Crippen molar-refractivity contribution in [3.63, 3.8) is 0 Å². The number of hydrogen-bond donors (Lipinski definition) is 0. The first-order valence-corrected chi connectivity index (χ1v) is 22.7. The van der Waals surface area contributed by atoms with Crippen LogP contribution in [0.5, 0.6) is 0 Å². The van der Waals surface area contributed by atoms with Crippen LogP contribution in [-0.4, -0.2) is 5.43 Å². The van der Waals surface area contributed by atoms with E-state index < -0.39 is 20.4 Å². The second kappa shape index (κ2) is 9.81. The maximum atomic E-state index is 2.74. The first-order chi connectivity index (χ1) is 16.6. The minimum atomic E-state index is -1.95. The van der Waals surface area contributed by atoms with Crippen molar-refractivity contribution in [1.82, 2.24) is 0 Å². The van der Waals surface area contributed by atoms with Crippen LogP contribution >= 0.6 is 0 Å². The normalized spacial score (nSPS) is 18.7. The van der Waals surface area contributed by atoms with Gasteiger partial charge in [-0.15, -0.1) is 0 Å². The van der Waals surface area contributed by atoms with E-state index in [1.54, 1.807) is 27.9 Å². The molecule has 2 aromatic rings. The van der Waals surface area contributed by atoms with E-state index in [1.165, 1.54) is 27.8 Å². The van der Waals surface area contributed by atoms with Gasteiger partial charge in [-0.05, 0) is 0 Å². The quantitative estimate of drug-likeness (QED) is 0.320. The molecule has 190 valence electrons. The van der Waals surface area contributed by atoms with Crippen LogP contribution in [0, 0.1) is 0 Å². The van der Waals surface area contributed by atoms with Gasteiger partial charge in [-0.1, -0.05) is 0 Å². The molecule has 2 heteroatoms. The molecule has 0 N–H and O–H groups in total. The average molecular weight is 574 g/mol. The summed E-state index contributed by atoms with van der Waals surface area (Å²) in [5.41, 5.74) is 15.3. The first kappa shape index (κ1) is 27.8. The second-order valence-electron chi connectivity index (χ2n) is 13.4. The topological polar surface area (TPSA) is 0 Å². The van der Waals surface area contributed by atoms with Crippen LogP contribution in [0.1, 0.15) is 101 Å². The van der Waals surface area contributed by atoms with E-state index in [0.29, 0.717) is 3.63 Å². The molecule has 2 aromatic carbocycles. The summed E-state index contributed by atoms with van der Waals surface area (Å²) in [4.78, 5) is 0. The Morgan fingerprint density at radius 3 is 1.69 bits per heavy atom. The van der Waals surface area contributed by atoms with Gasteiger partial charge in [0.25, 0.3) is 0 Å². The summed E-state index contributed by atoms with van der Waals surface area (Å²) in [5.74, 6) is 0. The van der Waals surface area contributed by atoms with Crippen molar-refractivity contribution >= 4 is 11.0 Å². The number of rotatable bonds is 3. The zero-order chi connectivity index (χ0) is 26.7. The molecule has 0 bridgehead atoms. The predicted molar refractivity (Wildman–Crippen MR) is 158 cm³/mol. The van der Waals surface area contributed by atoms with Crippen LogP contribution in [0.2, 0.25) is 16.7 Å². The minimum absolute atomic E-state index is 0.126. The third kappa shape index (κ3) is 4.94. The molecule has 0 saturated heterocycles. The summed E-state index contributed by atoms with van der Waals surface area (Å²) in [6, 6.07) is 16.8. The third-order valence-electron chi connectivity index (χ3n) is 8.73. The van der Waals surface area contributed by atoms with Crippen LogP contribution < -0.4 is 0 Å². The molecule has 0 heterocycles. The number of fused-ring (bicyclic) bond motifs is 1. The SMILES string of the molecule is CC1=C(C)[CH]([Zr]([CH]2C=C(c3cc(C(C)(C)C)cc(C(C)(C)C)c3)c3ccccc32)=[Si](C)C)C(C)=C1C. The molecule has 2 aliphatic rings. The molecule has 0 saturated carbocycles. The summed E-state index contributed by atoms with van der Waals surface area (Å²) in [7, 11) is 0. The van der Waals surface area contributed by atoms with E-state index in [2.05, 4.69) is 131 Å². The molecule has 1 atom stereocenters. The van der Waals surface area contributed by atoms with Crippen LogP contribution in [-0.2, 0) is 31.2 Å². The van der Waals surface area contributed by atoms with Crippen LogP contribution in [0.3, 0.4) is 0 Å². The van der Waals surface area contributed by atoms with E-state index in [0.717, 1.165) is 3.63 Å². The molecule has 0 fully saturated rings. The van der Waals surface area contributed by atoms with Gasteiger partial charge in [-0.3, -0.25) is 0 Å². The van der Waals surface area contributed by atoms with Gasteiger partial charge in [0.1, 0.15) is 0 Å². The van der Waals surface area contributed by atoms with Gasteiger partial charge < -0.3 is 0 Å². The fraction of sp³-hybridized carbons (Fsp3) is 0.471. The number of hydrogen-bond acceptors (Lipinski definition) is 0. The molecular weight excluding hydrogens is 528 g/mol. The summed E-state index contributed by atoms with van der Waals surface area (Å²) in [6.07, 6.45) is 2.74. The van der Waals surface area contributed by atoms with Crippen molar-refractivity contribution in [3.8, 4) is 0 Å². The van der Waals surface area contributed by atoms with E-state index in [-0.39, 0.29) is 16.3 Å². The Kier molecular flexibility index (Phi) is 7.57. The second-order valence-corrected chi connectivity index (χ2v) is 31.4. The van der Waals surface area contributed by atoms with Crippen molar-refractivity contribution in [2.24, 2.45) is 0 Å². The van der Waals surface area contributed by atoms with E-state index in [4.69, 9.17) is 0 Å². The molecule has 1 unspecified atom stereocenters. The number of allylic oxidation sites excluding steroid dienone is 5. The van der Waals surface area contributed by atoms with Crippen molar-refractivity contribution in [1.29, 1.82) is 0 Å². The Labute approximate surface area is 229 Å². The molecule has 0 nitrogen and oxygen atoms in total. The average Bonchev–Trinajstić information content (AvgIpc) is 3.25. The summed E-state index contributed by atoms with van der Waals surface area (Å²) in [6.45, 7) is 29.0. The molecular formula is C34H46SiZr. The molecule has 0 radical (unpaired) electrons. The fourth-order valence-electron chi connectivity index (χ4n) is 6.11. The summed E-state index contributed by atoms with van der Waals surface area (Å²) >= 11 is -1.95. The van der Waals surface area contributed by atoms with Gasteiger partial charge in [-0.2, -0.15) is 0 Å². The van der Waals surface area contributed by atoms with Gasteiger partial charge in [0, 0.05) is 0 Å². The number of benzene rings is 2. The Hall–Kier alpha value is -1.24. The standard InChI is InChI=1S/C23H27.C9H13.C2H6Si.Zr/c1-22(2,3)18-13-17(14-19(15-18)23(4,5)6)21-12-11-16-9-7-8-10-20(16)21;1-6-5-7(2)9(4)8(6)3;1-3-2;/h7-15H,1-6H3;5H,1-4H3;1-2H3;. The van der Waals surface area contributed by atoms with Crippen molar-refractivity contribution < 1.29 is 20.4 Å². The first-order valence-electron chi connectivity index (χ1n) is 13.6. The van der Waals surface area contributed by atoms with Gasteiger partial charge >= 0.3 is 230 Å². The monoisotopic (exact) mass is 572 g/mol. The summed E-state index contributed by atoms with van der Waals surface area (Å²) in [5, 5.41) is 0. The molecule has 2 aliphatic carbocycles. The zero-order valence-corrected chi connectivity index (χ0v) is 28.2. The van der Waals surface area contributed by atoms with Crippen molar-refractivity contribution in [2.75, 3.05) is 0 Å². The van der Waals surface area contributed by atoms with Crippen LogP contribution in [0.4, 0.5) is 0 Å². The molecule has 0 amide bonds. The third-order valence-corrected chi connectivity index (χ3v) is 28.4. The van der Waals surface area contributed by atoms with Crippen LogP contribution in [0.25, 0.3) is 5.57 Å². The fourth-order valence-corrected chi connectivity index (χ4v) is 26.7. The molecule has 36 heavy (non-hydrogen) atoms. The Morgan fingerprint density at radius 1 is 0.722 bits per heavy atom. The van der Waals surface area contributed by atoms with E-state index >= 15 is 0 Å². The molecule has 0 aliphatic heterocycles. The van der Waals surface area contributed by atoms with E-state index in [9.17, 15) is 0 Å². The molecule has 0 spiro atoms. The maximum absolute atomic E-state index is 2.74. The Bertz CT molecular complexity index is 1290. The zero-order valence-electron chi connectivity index (χ0n) is 24.8. The van der Waals surface area contributed by atoms with Gasteiger partial charge in [-0.25, -0.2) is 0 Å². The van der Waals surface area contributed by atoms with E-state index in [1.807, 2.05) is 0 Å². The van der Waals surface area contributed by atoms with Gasteiger partial charge in [0.05, 0.1) is 0 Å². The van der Waals surface area contributed by atoms with Crippen molar-refractivity contribution in [2.45, 2.75) is 100 Å². The molecule has 0 aromatic heterocycles. The Morgan fingerprint density at radius 2 is 1.22 bits per heavy atom. The van der Waals surface area contributed by atoms with Gasteiger partial charge in [0.15, 0.2) is 0 Å². The summed E-state index contributed by atoms with van der Waals surface area (Å²) < 4.78 is 1.42. The predicted octanol–water partition coefficient (Wildman–Crippen LogP) is 10.1. The molecule has 4 rings (SSSR count). The van der Waals surface area contributed by atoms with Crippen molar-refractivity contribution in [3.05, 3.63) is 98.7 Å². The van der Waals surface area contributed by atoms with Crippen LogP contribution in [0.15, 0.2) is 70.8 Å².